The molecule has 0 aliphatic carbocycles. The van der Waals surface area contributed by atoms with Gasteiger partial charge in [0, 0.05) is 13.0 Å². The summed E-state index contributed by atoms with van der Waals surface area (Å²) in [4.78, 5) is 67.5. The summed E-state index contributed by atoms with van der Waals surface area (Å²) in [6.07, 6.45) is 0.389. The zero-order valence-electron chi connectivity index (χ0n) is 25.9. The average Bonchev–Trinajstić information content (AvgIpc) is 2.83. The minimum absolute atomic E-state index is 0. The molecule has 246 valence electrons. The number of carbonyl (C=O) groups is 5. The molecular formula is C26H51Cl2N7O7. The summed E-state index contributed by atoms with van der Waals surface area (Å²) in [6.45, 7) is 12.3. The molecule has 0 aromatic heterocycles. The molecule has 0 bridgehead atoms. The van der Waals surface area contributed by atoms with Gasteiger partial charge in [0.05, 0.1) is 13.2 Å². The van der Waals surface area contributed by atoms with E-state index in [0.717, 1.165) is 0 Å². The van der Waals surface area contributed by atoms with Crippen molar-refractivity contribution in [3.05, 3.63) is 0 Å². The van der Waals surface area contributed by atoms with Gasteiger partial charge in [0.25, 0.3) is 0 Å². The number of esters is 2. The van der Waals surface area contributed by atoms with Gasteiger partial charge in [0.2, 0.25) is 17.7 Å². The van der Waals surface area contributed by atoms with Crippen LogP contribution in [0.25, 0.3) is 0 Å². The molecule has 0 radical (unpaired) electrons. The molecular weight excluding hydrogens is 593 g/mol. The molecule has 3 amide bonds. The Kier molecular flexibility index (Phi) is 21.7. The first-order valence-corrected chi connectivity index (χ1v) is 13.4. The van der Waals surface area contributed by atoms with E-state index in [1.807, 2.05) is 0 Å². The summed E-state index contributed by atoms with van der Waals surface area (Å²) in [5.74, 6) is -3.81. The highest BCUT2D eigenvalue weighted by molar-refractivity contribution is 5.94. The second-order valence-electron chi connectivity index (χ2n) is 11.2. The van der Waals surface area contributed by atoms with E-state index < -0.39 is 59.4 Å². The smallest absolute Gasteiger partial charge is 0.328 e. The number of ether oxygens (including phenoxy) is 2. The topological polar surface area (TPSA) is 230 Å². The van der Waals surface area contributed by atoms with Gasteiger partial charge in [-0.15, -0.1) is 24.8 Å². The lowest BCUT2D eigenvalue weighted by molar-refractivity contribution is -0.155. The Morgan fingerprint density at radius 1 is 0.810 bits per heavy atom. The molecule has 0 aromatic carbocycles. The van der Waals surface area contributed by atoms with E-state index in [4.69, 9.17) is 26.7 Å². The molecule has 0 saturated heterocycles. The Morgan fingerprint density at radius 2 is 1.33 bits per heavy atom. The van der Waals surface area contributed by atoms with Crippen molar-refractivity contribution in [1.29, 1.82) is 0 Å². The van der Waals surface area contributed by atoms with Crippen LogP contribution in [0.15, 0.2) is 4.99 Å². The zero-order chi connectivity index (χ0) is 31.2. The van der Waals surface area contributed by atoms with E-state index in [-0.39, 0.29) is 68.4 Å². The highest BCUT2D eigenvalue weighted by Crippen LogP contribution is 2.12. The quantitative estimate of drug-likeness (QED) is 0.0581. The van der Waals surface area contributed by atoms with Gasteiger partial charge in [-0.05, 0) is 51.9 Å². The van der Waals surface area contributed by atoms with Gasteiger partial charge in [0.15, 0.2) is 5.96 Å². The minimum atomic E-state index is -1.20. The molecule has 4 atom stereocenters. The normalized spacial score (nSPS) is 13.7. The van der Waals surface area contributed by atoms with Crippen LogP contribution in [0.2, 0.25) is 0 Å². The first kappa shape index (κ1) is 43.6. The third-order valence-corrected chi connectivity index (χ3v) is 5.66. The maximum Gasteiger partial charge on any atom is 0.328 e. The molecule has 0 fully saturated rings. The van der Waals surface area contributed by atoms with Crippen molar-refractivity contribution in [2.24, 2.45) is 34.0 Å². The first-order chi connectivity index (χ1) is 18.4. The predicted molar refractivity (Wildman–Crippen MR) is 165 cm³/mol. The number of methoxy groups -OCH3 is 1. The average molecular weight is 645 g/mol. The lowest BCUT2D eigenvalue weighted by Crippen LogP contribution is -2.59. The van der Waals surface area contributed by atoms with E-state index in [2.05, 4.69) is 20.9 Å². The summed E-state index contributed by atoms with van der Waals surface area (Å²) in [6, 6.07) is -4.13. The lowest BCUT2D eigenvalue weighted by Gasteiger charge is -2.28. The van der Waals surface area contributed by atoms with Crippen LogP contribution < -0.4 is 33.2 Å². The number of aliphatic imine (C=N–C) groups is 1. The minimum Gasteiger partial charge on any atom is -0.467 e. The maximum atomic E-state index is 13.3. The van der Waals surface area contributed by atoms with Gasteiger partial charge in [-0.2, -0.15) is 0 Å². The zero-order valence-corrected chi connectivity index (χ0v) is 27.5. The molecule has 9 N–H and O–H groups in total. The summed E-state index contributed by atoms with van der Waals surface area (Å²) in [5, 5.41) is 7.85. The van der Waals surface area contributed by atoms with Crippen LogP contribution in [0.1, 0.15) is 74.1 Å². The van der Waals surface area contributed by atoms with Crippen molar-refractivity contribution in [3.63, 3.8) is 0 Å². The Morgan fingerprint density at radius 3 is 1.79 bits per heavy atom. The first-order valence-electron chi connectivity index (χ1n) is 13.4. The molecule has 0 aliphatic heterocycles. The fourth-order valence-electron chi connectivity index (χ4n) is 3.51. The Bertz CT molecular complexity index is 908. The summed E-state index contributed by atoms with van der Waals surface area (Å²) < 4.78 is 10.1. The van der Waals surface area contributed by atoms with Crippen molar-refractivity contribution >= 4 is 60.4 Å². The van der Waals surface area contributed by atoms with E-state index in [1.54, 1.807) is 48.5 Å². The molecule has 0 rings (SSSR count). The Hall–Kier alpha value is -2.84. The van der Waals surface area contributed by atoms with Crippen LogP contribution in [0.4, 0.5) is 0 Å². The SMILES string of the molecule is COC(=O)[C@@H](NC(=O)[C@@H](NC(=O)[C@H](CCC(=O)OC(C)(C)C)NC(=O)[C@@H](N)CCCN=C(N)N)C(C)C)C(C)C.Cl.Cl. The third kappa shape index (κ3) is 17.9. The van der Waals surface area contributed by atoms with Crippen LogP contribution >= 0.6 is 24.8 Å². The number of nitrogens with zero attached hydrogens (tertiary/aromatic N) is 1. The molecule has 16 heteroatoms. The summed E-state index contributed by atoms with van der Waals surface area (Å²) in [5.41, 5.74) is 15.8. The second kappa shape index (κ2) is 20.9. The Balaban J connectivity index is -0.00000760. The number of amides is 3. The number of hydrogen-bond acceptors (Lipinski definition) is 9. The van der Waals surface area contributed by atoms with Crippen molar-refractivity contribution in [3.8, 4) is 0 Å². The van der Waals surface area contributed by atoms with Crippen molar-refractivity contribution in [2.45, 2.75) is 104 Å². The van der Waals surface area contributed by atoms with Crippen molar-refractivity contribution in [1.82, 2.24) is 16.0 Å². The van der Waals surface area contributed by atoms with E-state index >= 15 is 0 Å². The number of guanidine groups is 1. The number of rotatable bonds is 16. The summed E-state index contributed by atoms with van der Waals surface area (Å²) in [7, 11) is 1.22. The standard InChI is InChI=1S/C26H49N7O7.2ClH/c1-14(2)19(23(37)33-20(15(3)4)24(38)39-8)32-22(36)17(11-12-18(34)40-26(5,6)7)31-21(35)16(27)10-9-13-30-25(28)29;;/h14-17,19-20H,9-13,27H2,1-8H3,(H,31,35)(H,32,36)(H,33,37)(H4,28,29,30);2*1H/t16-,17-,19-,20-;;/m0../s1. The number of carbonyl (C=O) groups excluding carboxylic acids is 5. The molecule has 0 spiro atoms. The monoisotopic (exact) mass is 643 g/mol. The number of nitrogens with two attached hydrogens (primary N) is 3. The molecule has 0 saturated carbocycles. The van der Waals surface area contributed by atoms with Gasteiger partial charge in [0.1, 0.15) is 23.7 Å². The van der Waals surface area contributed by atoms with E-state index in [1.165, 1.54) is 7.11 Å². The van der Waals surface area contributed by atoms with Crippen LogP contribution in [-0.2, 0) is 33.4 Å². The molecule has 42 heavy (non-hydrogen) atoms. The van der Waals surface area contributed by atoms with Gasteiger partial charge >= 0.3 is 11.9 Å². The van der Waals surface area contributed by atoms with Gasteiger partial charge in [-0.3, -0.25) is 24.2 Å². The molecule has 0 aliphatic rings. The molecule has 0 heterocycles. The van der Waals surface area contributed by atoms with Crippen molar-refractivity contribution < 1.29 is 33.4 Å². The highest BCUT2D eigenvalue weighted by atomic mass is 35.5. The Labute approximate surface area is 261 Å². The number of nitrogens with one attached hydrogen (secondary N) is 3. The van der Waals surface area contributed by atoms with Crippen molar-refractivity contribution in [2.75, 3.05) is 13.7 Å². The second-order valence-corrected chi connectivity index (χ2v) is 11.2. The number of hydrogen-bond donors (Lipinski definition) is 6. The largest absolute Gasteiger partial charge is 0.467 e. The molecule has 0 aromatic rings. The fraction of sp³-hybridized carbons (Fsp3) is 0.769. The fourth-order valence-corrected chi connectivity index (χ4v) is 3.51. The predicted octanol–water partition coefficient (Wildman–Crippen LogP) is 0.272. The summed E-state index contributed by atoms with van der Waals surface area (Å²) >= 11 is 0. The number of halogens is 2. The van der Waals surface area contributed by atoms with Crippen LogP contribution in [0.5, 0.6) is 0 Å². The molecule has 14 nitrogen and oxygen atoms in total. The van der Waals surface area contributed by atoms with Gasteiger partial charge in [-0.1, -0.05) is 27.7 Å². The maximum absolute atomic E-state index is 13.3. The highest BCUT2D eigenvalue weighted by Gasteiger charge is 2.33. The lowest BCUT2D eigenvalue weighted by atomic mass is 9.99. The van der Waals surface area contributed by atoms with Gasteiger partial charge < -0.3 is 42.6 Å². The van der Waals surface area contributed by atoms with E-state index in [0.29, 0.717) is 6.42 Å². The van der Waals surface area contributed by atoms with Gasteiger partial charge in [-0.25, -0.2) is 4.79 Å². The molecule has 0 unspecified atom stereocenters. The van der Waals surface area contributed by atoms with Crippen LogP contribution in [0.3, 0.4) is 0 Å². The van der Waals surface area contributed by atoms with E-state index in [9.17, 15) is 24.0 Å². The third-order valence-electron chi connectivity index (χ3n) is 5.66. The van der Waals surface area contributed by atoms with Crippen LogP contribution in [-0.4, -0.2) is 79.0 Å². The van der Waals surface area contributed by atoms with Crippen LogP contribution in [0, 0.1) is 11.8 Å².